The van der Waals surface area contributed by atoms with E-state index in [2.05, 4.69) is 5.32 Å². The monoisotopic (exact) mass is 378 g/mol. The molecule has 27 heavy (non-hydrogen) atoms. The molecular weight excluding hydrogens is 361 g/mol. The highest BCUT2D eigenvalue weighted by molar-refractivity contribution is 6.03. The number of ether oxygens (including phenoxy) is 1. The topological polar surface area (TPSA) is 58.6 Å². The molecule has 8 heteroatoms. The van der Waals surface area contributed by atoms with Gasteiger partial charge in [-0.05, 0) is 30.3 Å². The Bertz CT molecular complexity index is 867. The number of benzene rings is 2. The lowest BCUT2D eigenvalue weighted by Crippen LogP contribution is -2.28. The van der Waals surface area contributed by atoms with Gasteiger partial charge in [0.2, 0.25) is 11.8 Å². The Morgan fingerprint density at radius 1 is 1.19 bits per heavy atom. The maximum atomic E-state index is 12.9. The standard InChI is InChI=1S/C19H17F3N2O3/c1-27-16-7-3-5-14(10-16)23-18(26)12-8-17(25)24(11-12)15-6-2-4-13(9-15)19(20,21)22/h2-7,9-10,12H,8,11H2,1H3,(H,23,26). The van der Waals surface area contributed by atoms with Gasteiger partial charge in [-0.15, -0.1) is 0 Å². The average molecular weight is 378 g/mol. The van der Waals surface area contributed by atoms with Crippen molar-refractivity contribution in [1.82, 2.24) is 0 Å². The van der Waals surface area contributed by atoms with Crippen LogP contribution in [0.3, 0.4) is 0 Å². The molecule has 1 heterocycles. The van der Waals surface area contributed by atoms with Gasteiger partial charge >= 0.3 is 6.18 Å². The molecule has 5 nitrogen and oxygen atoms in total. The van der Waals surface area contributed by atoms with Crippen LogP contribution in [0.1, 0.15) is 12.0 Å². The summed E-state index contributed by atoms with van der Waals surface area (Å²) in [6.45, 7) is 0.0238. The lowest BCUT2D eigenvalue weighted by molar-refractivity contribution is -0.137. The molecule has 2 aromatic rings. The smallest absolute Gasteiger partial charge is 0.416 e. The van der Waals surface area contributed by atoms with Crippen LogP contribution in [0.25, 0.3) is 0 Å². The number of carbonyl (C=O) groups is 2. The number of methoxy groups -OCH3 is 1. The van der Waals surface area contributed by atoms with Crippen LogP contribution in [-0.2, 0) is 15.8 Å². The molecule has 2 amide bonds. The van der Waals surface area contributed by atoms with Crippen LogP contribution in [0.2, 0.25) is 0 Å². The van der Waals surface area contributed by atoms with E-state index in [0.717, 1.165) is 12.1 Å². The van der Waals surface area contributed by atoms with Crippen molar-refractivity contribution in [3.63, 3.8) is 0 Å². The molecule has 3 rings (SSSR count). The molecule has 142 valence electrons. The summed E-state index contributed by atoms with van der Waals surface area (Å²) in [4.78, 5) is 25.9. The van der Waals surface area contributed by atoms with Crippen LogP contribution in [-0.4, -0.2) is 25.5 Å². The van der Waals surface area contributed by atoms with Crippen LogP contribution < -0.4 is 15.0 Å². The van der Waals surface area contributed by atoms with Gasteiger partial charge in [0.1, 0.15) is 5.75 Å². The molecule has 1 aliphatic heterocycles. The van der Waals surface area contributed by atoms with E-state index < -0.39 is 17.7 Å². The highest BCUT2D eigenvalue weighted by Crippen LogP contribution is 2.33. The van der Waals surface area contributed by atoms with Crippen molar-refractivity contribution in [2.24, 2.45) is 5.92 Å². The molecule has 0 aromatic heterocycles. The zero-order chi connectivity index (χ0) is 19.6. The number of halogens is 3. The number of anilines is 2. The highest BCUT2D eigenvalue weighted by Gasteiger charge is 2.37. The van der Waals surface area contributed by atoms with E-state index in [-0.39, 0.29) is 30.5 Å². The molecule has 0 aliphatic carbocycles. The second-order valence-corrected chi connectivity index (χ2v) is 6.17. The predicted octanol–water partition coefficient (Wildman–Crippen LogP) is 3.71. The second kappa shape index (κ2) is 7.30. The van der Waals surface area contributed by atoms with Gasteiger partial charge in [0, 0.05) is 30.4 Å². The fourth-order valence-electron chi connectivity index (χ4n) is 2.93. The SMILES string of the molecule is COc1cccc(NC(=O)C2CC(=O)N(c3cccc(C(F)(F)F)c3)C2)c1. The Labute approximate surface area is 153 Å². The number of hydrogen-bond donors (Lipinski definition) is 1. The fraction of sp³-hybridized carbons (Fsp3) is 0.263. The number of nitrogens with zero attached hydrogens (tertiary/aromatic N) is 1. The van der Waals surface area contributed by atoms with Gasteiger partial charge in [0.25, 0.3) is 0 Å². The molecule has 0 spiro atoms. The minimum Gasteiger partial charge on any atom is -0.497 e. The molecule has 1 N–H and O–H groups in total. The number of carbonyl (C=O) groups excluding carboxylic acids is 2. The van der Waals surface area contributed by atoms with Crippen molar-refractivity contribution in [1.29, 1.82) is 0 Å². The number of amides is 2. The van der Waals surface area contributed by atoms with Gasteiger partial charge in [-0.3, -0.25) is 9.59 Å². The van der Waals surface area contributed by atoms with Crippen molar-refractivity contribution in [2.45, 2.75) is 12.6 Å². The Hall–Kier alpha value is -3.03. The molecule has 1 saturated heterocycles. The van der Waals surface area contributed by atoms with Gasteiger partial charge in [-0.2, -0.15) is 13.2 Å². The lowest BCUT2D eigenvalue weighted by atomic mass is 10.1. The van der Waals surface area contributed by atoms with E-state index in [4.69, 9.17) is 4.74 Å². The van der Waals surface area contributed by atoms with Crippen LogP contribution >= 0.6 is 0 Å². The van der Waals surface area contributed by atoms with Crippen molar-refractivity contribution in [3.8, 4) is 5.75 Å². The summed E-state index contributed by atoms with van der Waals surface area (Å²) < 4.78 is 43.7. The number of alkyl halides is 3. The minimum atomic E-state index is -4.50. The van der Waals surface area contributed by atoms with Crippen LogP contribution in [0, 0.1) is 5.92 Å². The molecule has 1 fully saturated rings. The predicted molar refractivity (Wildman–Crippen MR) is 93.5 cm³/mol. The third kappa shape index (κ3) is 4.21. The van der Waals surface area contributed by atoms with E-state index in [0.29, 0.717) is 11.4 Å². The zero-order valence-electron chi connectivity index (χ0n) is 14.4. The van der Waals surface area contributed by atoms with Crippen molar-refractivity contribution < 1.29 is 27.5 Å². The molecule has 1 aliphatic rings. The van der Waals surface area contributed by atoms with Gasteiger partial charge in [-0.1, -0.05) is 12.1 Å². The quantitative estimate of drug-likeness (QED) is 0.883. The van der Waals surface area contributed by atoms with Gasteiger partial charge in [0.15, 0.2) is 0 Å². The summed E-state index contributed by atoms with van der Waals surface area (Å²) in [7, 11) is 1.50. The van der Waals surface area contributed by atoms with Crippen molar-refractivity contribution >= 4 is 23.2 Å². The van der Waals surface area contributed by atoms with Crippen LogP contribution in [0.5, 0.6) is 5.75 Å². The Kier molecular flexibility index (Phi) is 5.07. The summed E-state index contributed by atoms with van der Waals surface area (Å²) in [6.07, 6.45) is -4.56. The molecule has 1 unspecified atom stereocenters. The molecule has 0 radical (unpaired) electrons. The lowest BCUT2D eigenvalue weighted by Gasteiger charge is -2.18. The van der Waals surface area contributed by atoms with Crippen molar-refractivity contribution in [3.05, 3.63) is 54.1 Å². The Morgan fingerprint density at radius 3 is 2.63 bits per heavy atom. The summed E-state index contributed by atoms with van der Waals surface area (Å²) in [5.74, 6) is -0.842. The first-order chi connectivity index (χ1) is 12.8. The maximum Gasteiger partial charge on any atom is 0.416 e. The third-order valence-electron chi connectivity index (χ3n) is 4.32. The summed E-state index contributed by atoms with van der Waals surface area (Å²) in [5, 5.41) is 2.71. The van der Waals surface area contributed by atoms with E-state index in [1.807, 2.05) is 0 Å². The molecule has 0 bridgehead atoms. The van der Waals surface area contributed by atoms with Gasteiger partial charge < -0.3 is 15.0 Å². The fourth-order valence-corrected chi connectivity index (χ4v) is 2.93. The van der Waals surface area contributed by atoms with E-state index in [1.54, 1.807) is 24.3 Å². The zero-order valence-corrected chi connectivity index (χ0v) is 14.4. The second-order valence-electron chi connectivity index (χ2n) is 6.17. The normalized spacial score (nSPS) is 17.1. The number of rotatable bonds is 4. The first-order valence-corrected chi connectivity index (χ1v) is 8.20. The third-order valence-corrected chi connectivity index (χ3v) is 4.32. The van der Waals surface area contributed by atoms with Crippen molar-refractivity contribution in [2.75, 3.05) is 23.9 Å². The minimum absolute atomic E-state index is 0.0238. The number of hydrogen-bond acceptors (Lipinski definition) is 3. The Balaban J connectivity index is 1.72. The van der Waals surface area contributed by atoms with Gasteiger partial charge in [-0.25, -0.2) is 0 Å². The molecule has 0 saturated carbocycles. The largest absolute Gasteiger partial charge is 0.497 e. The van der Waals surface area contributed by atoms with E-state index >= 15 is 0 Å². The van der Waals surface area contributed by atoms with Crippen LogP contribution in [0.15, 0.2) is 48.5 Å². The van der Waals surface area contributed by atoms with E-state index in [9.17, 15) is 22.8 Å². The Morgan fingerprint density at radius 2 is 1.93 bits per heavy atom. The highest BCUT2D eigenvalue weighted by atomic mass is 19.4. The maximum absolute atomic E-state index is 12.9. The first-order valence-electron chi connectivity index (χ1n) is 8.20. The van der Waals surface area contributed by atoms with E-state index in [1.165, 1.54) is 24.1 Å². The van der Waals surface area contributed by atoms with Gasteiger partial charge in [0.05, 0.1) is 18.6 Å². The first kappa shape index (κ1) is 18.8. The molecule has 2 aromatic carbocycles. The molecule has 1 atom stereocenters. The number of nitrogens with one attached hydrogen (secondary N) is 1. The molecular formula is C19H17F3N2O3. The summed E-state index contributed by atoms with van der Waals surface area (Å²) in [6, 6.07) is 11.3. The summed E-state index contributed by atoms with van der Waals surface area (Å²) >= 11 is 0. The average Bonchev–Trinajstić information content (AvgIpc) is 3.03. The van der Waals surface area contributed by atoms with Crippen LogP contribution in [0.4, 0.5) is 24.5 Å². The summed E-state index contributed by atoms with van der Waals surface area (Å²) in [5.41, 5.74) is -0.187.